The number of hydrogen-bond donors (Lipinski definition) is 1. The normalized spacial score (nSPS) is 10.7. The highest BCUT2D eigenvalue weighted by Gasteiger charge is 2.09. The summed E-state index contributed by atoms with van der Waals surface area (Å²) in [6, 6.07) is 7.93. The third-order valence-electron chi connectivity index (χ3n) is 2.88. The van der Waals surface area contributed by atoms with Crippen LogP contribution < -0.4 is 10.1 Å². The van der Waals surface area contributed by atoms with Crippen molar-refractivity contribution in [3.05, 3.63) is 34.8 Å². The summed E-state index contributed by atoms with van der Waals surface area (Å²) in [5.74, 6) is 1.17. The van der Waals surface area contributed by atoms with Crippen LogP contribution in [0.1, 0.15) is 30.8 Å². The molecule has 0 spiro atoms. The molecule has 0 aliphatic heterocycles. The highest BCUT2D eigenvalue weighted by molar-refractivity contribution is 7.15. The number of rotatable bonds is 7. The lowest BCUT2D eigenvalue weighted by molar-refractivity contribution is -0.116. The van der Waals surface area contributed by atoms with E-state index in [9.17, 15) is 4.79 Å². The highest BCUT2D eigenvalue weighted by atomic mass is 32.1. The molecular formula is C16H21N3O2S. The van der Waals surface area contributed by atoms with Gasteiger partial charge in [0.15, 0.2) is 0 Å². The second kappa shape index (κ2) is 7.89. The van der Waals surface area contributed by atoms with Gasteiger partial charge in [-0.3, -0.25) is 4.79 Å². The quantitative estimate of drug-likeness (QED) is 0.849. The average molecular weight is 319 g/mol. The first-order chi connectivity index (χ1) is 10.5. The molecule has 2 rings (SSSR count). The molecule has 22 heavy (non-hydrogen) atoms. The molecule has 1 N–H and O–H groups in total. The van der Waals surface area contributed by atoms with Crippen molar-refractivity contribution < 1.29 is 9.53 Å². The number of nitrogens with zero attached hydrogens (tertiary/aromatic N) is 2. The molecule has 0 aliphatic carbocycles. The fraction of sp³-hybridized carbons (Fsp3) is 0.438. The predicted octanol–water partition coefficient (Wildman–Crippen LogP) is 3.45. The Bertz CT molecular complexity index is 625. The first kappa shape index (κ1) is 16.4. The Morgan fingerprint density at radius 1 is 1.36 bits per heavy atom. The van der Waals surface area contributed by atoms with Gasteiger partial charge in [0.05, 0.1) is 6.61 Å². The number of anilines is 1. The van der Waals surface area contributed by atoms with Crippen LogP contribution in [0.2, 0.25) is 0 Å². The van der Waals surface area contributed by atoms with Crippen LogP contribution in [0.15, 0.2) is 24.3 Å². The smallest absolute Gasteiger partial charge is 0.226 e. The number of carbonyl (C=O) groups excluding carboxylic acids is 1. The lowest BCUT2D eigenvalue weighted by atomic mass is 10.1. The summed E-state index contributed by atoms with van der Waals surface area (Å²) in [5, 5.41) is 12.2. The maximum absolute atomic E-state index is 11.7. The number of hydrogen-bond acceptors (Lipinski definition) is 5. The van der Waals surface area contributed by atoms with E-state index in [-0.39, 0.29) is 5.91 Å². The van der Waals surface area contributed by atoms with Crippen molar-refractivity contribution in [1.82, 2.24) is 10.2 Å². The Hall–Kier alpha value is -1.95. The van der Waals surface area contributed by atoms with Crippen molar-refractivity contribution in [2.45, 2.75) is 33.6 Å². The fourth-order valence-electron chi connectivity index (χ4n) is 1.91. The van der Waals surface area contributed by atoms with Crippen molar-refractivity contribution in [2.75, 3.05) is 11.9 Å². The van der Waals surface area contributed by atoms with E-state index in [2.05, 4.69) is 15.5 Å². The molecule has 0 unspecified atom stereocenters. The summed E-state index contributed by atoms with van der Waals surface area (Å²) in [5.41, 5.74) is 1.17. The first-order valence-electron chi connectivity index (χ1n) is 7.34. The van der Waals surface area contributed by atoms with Gasteiger partial charge >= 0.3 is 0 Å². The van der Waals surface area contributed by atoms with E-state index >= 15 is 0 Å². The first-order valence-corrected chi connectivity index (χ1v) is 8.16. The van der Waals surface area contributed by atoms with Gasteiger partial charge < -0.3 is 10.1 Å². The third-order valence-corrected chi connectivity index (χ3v) is 3.78. The molecular weight excluding hydrogens is 298 g/mol. The number of benzene rings is 1. The number of nitrogens with one attached hydrogen (secondary N) is 1. The Morgan fingerprint density at radius 3 is 2.91 bits per heavy atom. The highest BCUT2D eigenvalue weighted by Crippen LogP contribution is 2.17. The van der Waals surface area contributed by atoms with E-state index in [4.69, 9.17) is 4.74 Å². The largest absolute Gasteiger partial charge is 0.493 e. The van der Waals surface area contributed by atoms with Gasteiger partial charge in [-0.05, 0) is 30.5 Å². The standard InChI is InChI=1S/C16H21N3O2S/c1-11(2)9-14(20)17-16-19-18-15(22-16)7-8-21-13-6-4-5-12(3)10-13/h4-6,10-11H,7-9H2,1-3H3,(H,17,19,20). The molecule has 1 heterocycles. The minimum Gasteiger partial charge on any atom is -0.493 e. The Kier molecular flexibility index (Phi) is 5.89. The molecule has 5 nitrogen and oxygen atoms in total. The van der Waals surface area contributed by atoms with E-state index in [1.807, 2.05) is 45.0 Å². The predicted molar refractivity (Wildman–Crippen MR) is 88.4 cm³/mol. The van der Waals surface area contributed by atoms with E-state index in [0.717, 1.165) is 10.8 Å². The van der Waals surface area contributed by atoms with Crippen LogP contribution >= 0.6 is 11.3 Å². The summed E-state index contributed by atoms with van der Waals surface area (Å²) < 4.78 is 5.69. The zero-order chi connectivity index (χ0) is 15.9. The third kappa shape index (κ3) is 5.44. The number of aromatic nitrogens is 2. The molecule has 1 aromatic carbocycles. The van der Waals surface area contributed by atoms with E-state index in [1.165, 1.54) is 16.9 Å². The van der Waals surface area contributed by atoms with Crippen LogP contribution in [0, 0.1) is 12.8 Å². The lowest BCUT2D eigenvalue weighted by Crippen LogP contribution is -2.13. The molecule has 0 saturated heterocycles. The molecule has 0 atom stereocenters. The molecule has 6 heteroatoms. The van der Waals surface area contributed by atoms with Crippen LogP contribution in [0.4, 0.5) is 5.13 Å². The minimum atomic E-state index is -0.0197. The Labute approximate surface area is 134 Å². The summed E-state index contributed by atoms with van der Waals surface area (Å²) in [6.07, 6.45) is 1.16. The van der Waals surface area contributed by atoms with Gasteiger partial charge in [-0.15, -0.1) is 10.2 Å². The van der Waals surface area contributed by atoms with Crippen molar-refractivity contribution in [2.24, 2.45) is 5.92 Å². The van der Waals surface area contributed by atoms with Crippen molar-refractivity contribution >= 4 is 22.4 Å². The zero-order valence-electron chi connectivity index (χ0n) is 13.1. The SMILES string of the molecule is Cc1cccc(OCCc2nnc(NC(=O)CC(C)C)s2)c1. The minimum absolute atomic E-state index is 0.0197. The van der Waals surface area contributed by atoms with Crippen molar-refractivity contribution in [3.8, 4) is 5.75 Å². The molecule has 118 valence electrons. The summed E-state index contributed by atoms with van der Waals surface area (Å²) >= 11 is 1.39. The van der Waals surface area contributed by atoms with Gasteiger partial charge in [-0.2, -0.15) is 0 Å². The maximum Gasteiger partial charge on any atom is 0.226 e. The van der Waals surface area contributed by atoms with Crippen LogP contribution in [0.3, 0.4) is 0 Å². The van der Waals surface area contributed by atoms with Gasteiger partial charge in [-0.1, -0.05) is 37.3 Å². The Balaban J connectivity index is 1.78. The van der Waals surface area contributed by atoms with Gasteiger partial charge in [0.1, 0.15) is 10.8 Å². The maximum atomic E-state index is 11.7. The van der Waals surface area contributed by atoms with Gasteiger partial charge in [0.25, 0.3) is 0 Å². The van der Waals surface area contributed by atoms with E-state index in [1.54, 1.807) is 0 Å². The van der Waals surface area contributed by atoms with Gasteiger partial charge in [-0.25, -0.2) is 0 Å². The number of carbonyl (C=O) groups is 1. The number of aryl methyl sites for hydroxylation is 1. The molecule has 0 fully saturated rings. The summed E-state index contributed by atoms with van der Waals surface area (Å²) in [7, 11) is 0. The van der Waals surface area contributed by atoms with Crippen LogP contribution in [0.25, 0.3) is 0 Å². The van der Waals surface area contributed by atoms with Crippen LogP contribution in [-0.2, 0) is 11.2 Å². The molecule has 2 aromatic rings. The lowest BCUT2D eigenvalue weighted by Gasteiger charge is -2.05. The topological polar surface area (TPSA) is 64.1 Å². The van der Waals surface area contributed by atoms with E-state index in [0.29, 0.717) is 30.5 Å². The van der Waals surface area contributed by atoms with Gasteiger partial charge in [0.2, 0.25) is 11.0 Å². The van der Waals surface area contributed by atoms with E-state index < -0.39 is 0 Å². The van der Waals surface area contributed by atoms with Crippen molar-refractivity contribution in [3.63, 3.8) is 0 Å². The molecule has 0 aliphatic rings. The monoisotopic (exact) mass is 319 g/mol. The summed E-state index contributed by atoms with van der Waals surface area (Å²) in [6.45, 7) is 6.59. The van der Waals surface area contributed by atoms with Crippen LogP contribution in [0.5, 0.6) is 5.75 Å². The van der Waals surface area contributed by atoms with Crippen LogP contribution in [-0.4, -0.2) is 22.7 Å². The second-order valence-electron chi connectivity index (χ2n) is 5.56. The number of amides is 1. The molecule has 1 amide bonds. The second-order valence-corrected chi connectivity index (χ2v) is 6.62. The molecule has 1 aromatic heterocycles. The molecule has 0 saturated carbocycles. The average Bonchev–Trinajstić information content (AvgIpc) is 2.85. The number of ether oxygens (including phenoxy) is 1. The van der Waals surface area contributed by atoms with Gasteiger partial charge in [0, 0.05) is 12.8 Å². The van der Waals surface area contributed by atoms with Crippen molar-refractivity contribution in [1.29, 1.82) is 0 Å². The Morgan fingerprint density at radius 2 is 2.18 bits per heavy atom. The molecule has 0 bridgehead atoms. The fourth-order valence-corrected chi connectivity index (χ4v) is 2.64. The summed E-state index contributed by atoms with van der Waals surface area (Å²) in [4.78, 5) is 11.7. The molecule has 0 radical (unpaired) electrons. The zero-order valence-corrected chi connectivity index (χ0v) is 13.9.